The van der Waals surface area contributed by atoms with E-state index in [0.717, 1.165) is 37.1 Å². The highest BCUT2D eigenvalue weighted by Crippen LogP contribution is 2.33. The molecule has 1 aromatic heterocycles. The van der Waals surface area contributed by atoms with E-state index in [1.54, 1.807) is 12.1 Å². The maximum atomic E-state index is 13.5. The average molecular weight is 376 g/mol. The number of halogens is 1. The van der Waals surface area contributed by atoms with Gasteiger partial charge in [0.2, 0.25) is 0 Å². The molecule has 1 aliphatic heterocycles. The Hall–Kier alpha value is -2.88. The third-order valence-electron chi connectivity index (χ3n) is 5.50. The molecule has 0 aliphatic carbocycles. The molecule has 2 heterocycles. The van der Waals surface area contributed by atoms with Crippen LogP contribution >= 0.6 is 0 Å². The van der Waals surface area contributed by atoms with Crippen LogP contribution in [0, 0.1) is 5.82 Å². The van der Waals surface area contributed by atoms with Gasteiger partial charge in [-0.15, -0.1) is 0 Å². The van der Waals surface area contributed by atoms with Crippen molar-refractivity contribution in [2.24, 2.45) is 0 Å². The second-order valence-electron chi connectivity index (χ2n) is 7.38. The van der Waals surface area contributed by atoms with E-state index in [1.165, 1.54) is 17.7 Å². The molecule has 4 rings (SSSR count). The predicted molar refractivity (Wildman–Crippen MR) is 109 cm³/mol. The molecule has 3 nitrogen and oxygen atoms in total. The fraction of sp³-hybridized carbons (Fsp3) is 0.292. The number of carbonyl (C=O) groups is 1. The van der Waals surface area contributed by atoms with Crippen LogP contribution in [-0.4, -0.2) is 21.9 Å². The van der Waals surface area contributed by atoms with Crippen molar-refractivity contribution in [3.8, 4) is 0 Å². The topological polar surface area (TPSA) is 25.2 Å². The SMILES string of the molecule is CCCCc1ccc(C(=O)N2CCn3cccc3C2c2ccc(F)cc2)cc1. The van der Waals surface area contributed by atoms with Crippen LogP contribution in [0.4, 0.5) is 4.39 Å². The molecule has 1 atom stereocenters. The highest BCUT2D eigenvalue weighted by atomic mass is 19.1. The van der Waals surface area contributed by atoms with Gasteiger partial charge < -0.3 is 9.47 Å². The minimum Gasteiger partial charge on any atom is -0.348 e. The molecular formula is C24H25FN2O. The molecule has 1 unspecified atom stereocenters. The normalized spacial score (nSPS) is 16.1. The van der Waals surface area contributed by atoms with Crippen molar-refractivity contribution in [1.29, 1.82) is 0 Å². The number of carbonyl (C=O) groups excluding carboxylic acids is 1. The molecule has 3 aromatic rings. The summed E-state index contributed by atoms with van der Waals surface area (Å²) in [6.07, 6.45) is 5.40. The van der Waals surface area contributed by atoms with Crippen molar-refractivity contribution in [3.05, 3.63) is 95.1 Å². The van der Waals surface area contributed by atoms with E-state index < -0.39 is 0 Å². The first-order chi connectivity index (χ1) is 13.7. The first-order valence-electron chi connectivity index (χ1n) is 9.98. The Morgan fingerprint density at radius 3 is 2.50 bits per heavy atom. The van der Waals surface area contributed by atoms with Gasteiger partial charge in [0.1, 0.15) is 5.82 Å². The summed E-state index contributed by atoms with van der Waals surface area (Å²) >= 11 is 0. The number of rotatable bonds is 5. The van der Waals surface area contributed by atoms with Gasteiger partial charge in [0.25, 0.3) is 5.91 Å². The monoisotopic (exact) mass is 376 g/mol. The lowest BCUT2D eigenvalue weighted by atomic mass is 9.98. The summed E-state index contributed by atoms with van der Waals surface area (Å²) in [5, 5.41) is 0. The number of hydrogen-bond donors (Lipinski definition) is 0. The van der Waals surface area contributed by atoms with E-state index in [1.807, 2.05) is 35.4 Å². The summed E-state index contributed by atoms with van der Waals surface area (Å²) in [6, 6.07) is 18.3. The second-order valence-corrected chi connectivity index (χ2v) is 7.38. The van der Waals surface area contributed by atoms with Crippen LogP contribution in [0.5, 0.6) is 0 Å². The van der Waals surface area contributed by atoms with Crippen LogP contribution in [0.1, 0.15) is 53.0 Å². The van der Waals surface area contributed by atoms with Gasteiger partial charge in [-0.05, 0) is 60.4 Å². The molecule has 1 aliphatic rings. The van der Waals surface area contributed by atoms with Crippen LogP contribution < -0.4 is 0 Å². The summed E-state index contributed by atoms with van der Waals surface area (Å²) in [5.41, 5.74) is 3.95. The summed E-state index contributed by atoms with van der Waals surface area (Å²) in [7, 11) is 0. The maximum absolute atomic E-state index is 13.5. The largest absolute Gasteiger partial charge is 0.348 e. The van der Waals surface area contributed by atoms with E-state index in [9.17, 15) is 9.18 Å². The zero-order valence-electron chi connectivity index (χ0n) is 16.1. The van der Waals surface area contributed by atoms with Crippen molar-refractivity contribution >= 4 is 5.91 Å². The minimum absolute atomic E-state index is 0.0174. The fourth-order valence-electron chi connectivity index (χ4n) is 3.96. The van der Waals surface area contributed by atoms with Crippen LogP contribution in [0.3, 0.4) is 0 Å². The Kier molecular flexibility index (Phi) is 5.29. The van der Waals surface area contributed by atoms with Gasteiger partial charge in [0, 0.05) is 30.5 Å². The van der Waals surface area contributed by atoms with Crippen molar-refractivity contribution in [2.75, 3.05) is 6.54 Å². The second kappa shape index (κ2) is 8.01. The Morgan fingerprint density at radius 2 is 1.79 bits per heavy atom. The van der Waals surface area contributed by atoms with Gasteiger partial charge in [-0.3, -0.25) is 4.79 Å². The lowest BCUT2D eigenvalue weighted by Crippen LogP contribution is -2.42. The molecule has 0 saturated heterocycles. The van der Waals surface area contributed by atoms with Gasteiger partial charge in [-0.25, -0.2) is 4.39 Å². The summed E-state index contributed by atoms with van der Waals surface area (Å²) in [5.74, 6) is -0.251. The highest BCUT2D eigenvalue weighted by molar-refractivity contribution is 5.94. The molecule has 0 bridgehead atoms. The minimum atomic E-state index is -0.268. The number of aryl methyl sites for hydroxylation is 1. The van der Waals surface area contributed by atoms with Crippen LogP contribution in [0.15, 0.2) is 66.9 Å². The first-order valence-corrected chi connectivity index (χ1v) is 9.98. The van der Waals surface area contributed by atoms with Crippen molar-refractivity contribution in [2.45, 2.75) is 38.8 Å². The number of fused-ring (bicyclic) bond motifs is 1. The number of unbranched alkanes of at least 4 members (excludes halogenated alkanes) is 1. The molecule has 0 saturated carbocycles. The summed E-state index contributed by atoms with van der Waals surface area (Å²) in [4.78, 5) is 15.3. The Balaban J connectivity index is 1.65. The van der Waals surface area contributed by atoms with E-state index >= 15 is 0 Å². The number of aromatic nitrogens is 1. The average Bonchev–Trinajstić information content (AvgIpc) is 3.21. The molecule has 0 N–H and O–H groups in total. The summed E-state index contributed by atoms with van der Waals surface area (Å²) < 4.78 is 15.6. The highest BCUT2D eigenvalue weighted by Gasteiger charge is 2.32. The lowest BCUT2D eigenvalue weighted by molar-refractivity contribution is 0.0664. The standard InChI is InChI=1S/C24H25FN2O/c1-2-3-5-18-7-9-20(10-8-18)24(28)27-17-16-26-15-4-6-22(26)23(27)19-11-13-21(25)14-12-19/h4,6-15,23H,2-3,5,16-17H2,1H3. The third kappa shape index (κ3) is 3.59. The molecule has 28 heavy (non-hydrogen) atoms. The molecule has 0 fully saturated rings. The first kappa shape index (κ1) is 18.5. The molecular weight excluding hydrogens is 351 g/mol. The Morgan fingerprint density at radius 1 is 1.04 bits per heavy atom. The van der Waals surface area contributed by atoms with E-state index in [4.69, 9.17) is 0 Å². The summed E-state index contributed by atoms with van der Waals surface area (Å²) in [6.45, 7) is 3.57. The molecule has 0 spiro atoms. The van der Waals surface area contributed by atoms with Gasteiger partial charge in [-0.1, -0.05) is 37.6 Å². The predicted octanol–water partition coefficient (Wildman–Crippen LogP) is 5.22. The number of benzene rings is 2. The zero-order valence-corrected chi connectivity index (χ0v) is 16.1. The quantitative estimate of drug-likeness (QED) is 0.600. The van der Waals surface area contributed by atoms with Crippen molar-refractivity contribution in [1.82, 2.24) is 9.47 Å². The van der Waals surface area contributed by atoms with Crippen molar-refractivity contribution < 1.29 is 9.18 Å². The van der Waals surface area contributed by atoms with Crippen LogP contribution in [0.25, 0.3) is 0 Å². The molecule has 4 heteroatoms. The third-order valence-corrected chi connectivity index (χ3v) is 5.50. The smallest absolute Gasteiger partial charge is 0.254 e. The van der Waals surface area contributed by atoms with E-state index in [2.05, 4.69) is 23.6 Å². The van der Waals surface area contributed by atoms with E-state index in [-0.39, 0.29) is 17.8 Å². The van der Waals surface area contributed by atoms with E-state index in [0.29, 0.717) is 12.1 Å². The molecule has 2 aromatic carbocycles. The number of hydrogen-bond acceptors (Lipinski definition) is 1. The number of nitrogens with zero attached hydrogens (tertiary/aromatic N) is 2. The Labute approximate surface area is 165 Å². The fourth-order valence-corrected chi connectivity index (χ4v) is 3.96. The Bertz CT molecular complexity index is 943. The van der Waals surface area contributed by atoms with Crippen LogP contribution in [-0.2, 0) is 13.0 Å². The molecule has 144 valence electrons. The zero-order chi connectivity index (χ0) is 19.5. The van der Waals surface area contributed by atoms with Gasteiger partial charge in [0.15, 0.2) is 0 Å². The van der Waals surface area contributed by atoms with Crippen LogP contribution in [0.2, 0.25) is 0 Å². The van der Waals surface area contributed by atoms with Crippen molar-refractivity contribution in [3.63, 3.8) is 0 Å². The van der Waals surface area contributed by atoms with Gasteiger partial charge >= 0.3 is 0 Å². The molecule has 1 amide bonds. The number of amides is 1. The van der Waals surface area contributed by atoms with Gasteiger partial charge in [0.05, 0.1) is 6.04 Å². The maximum Gasteiger partial charge on any atom is 0.254 e. The molecule has 0 radical (unpaired) electrons. The van der Waals surface area contributed by atoms with Gasteiger partial charge in [-0.2, -0.15) is 0 Å². The lowest BCUT2D eigenvalue weighted by Gasteiger charge is -2.37.